The molecule has 1 aromatic heterocycles. The van der Waals surface area contributed by atoms with Gasteiger partial charge in [0.15, 0.2) is 0 Å². The molecule has 1 N–H and O–H groups in total. The van der Waals surface area contributed by atoms with Gasteiger partial charge in [0.05, 0.1) is 15.5 Å². The molecule has 2 aromatic rings. The predicted octanol–water partition coefficient (Wildman–Crippen LogP) is 5.80. The number of halogens is 2. The average Bonchev–Trinajstić information content (AvgIpc) is 3.03. The first kappa shape index (κ1) is 15.3. The van der Waals surface area contributed by atoms with E-state index in [1.165, 1.54) is 4.21 Å². The highest BCUT2D eigenvalue weighted by atomic mass is 79.9. The third-order valence-corrected chi connectivity index (χ3v) is 6.88. The second-order valence-electron chi connectivity index (χ2n) is 4.59. The second kappa shape index (κ2) is 5.91. The van der Waals surface area contributed by atoms with Crippen LogP contribution in [0.3, 0.4) is 0 Å². The Labute approximate surface area is 148 Å². The van der Waals surface area contributed by atoms with Gasteiger partial charge >= 0.3 is 0 Å². The smallest absolute Gasteiger partial charge is 0.256 e. The zero-order chi connectivity index (χ0) is 15.1. The van der Waals surface area contributed by atoms with E-state index < -0.39 is 0 Å². The van der Waals surface area contributed by atoms with Crippen molar-refractivity contribution in [1.29, 1.82) is 0 Å². The number of carbonyl (C=O) groups is 1. The van der Waals surface area contributed by atoms with Crippen molar-refractivity contribution in [3.63, 3.8) is 0 Å². The van der Waals surface area contributed by atoms with Crippen LogP contribution in [0.1, 0.15) is 16.0 Å². The van der Waals surface area contributed by atoms with Gasteiger partial charge in [-0.15, -0.1) is 23.1 Å². The third kappa shape index (κ3) is 2.74. The summed E-state index contributed by atoms with van der Waals surface area (Å²) < 4.78 is 3.13. The lowest BCUT2D eigenvalue weighted by molar-refractivity contribution is -0.110. The molecule has 21 heavy (non-hydrogen) atoms. The van der Waals surface area contributed by atoms with Gasteiger partial charge in [-0.3, -0.25) is 4.79 Å². The predicted molar refractivity (Wildman–Crippen MR) is 99.2 cm³/mol. The maximum Gasteiger partial charge on any atom is 0.256 e. The summed E-state index contributed by atoms with van der Waals surface area (Å²) in [6.45, 7) is 2.02. The quantitative estimate of drug-likeness (QED) is 0.468. The molecule has 6 heteroatoms. The van der Waals surface area contributed by atoms with Crippen LogP contribution in [-0.2, 0) is 4.79 Å². The molecular weight excluding hydrogens is 434 g/mol. The van der Waals surface area contributed by atoms with E-state index in [1.807, 2.05) is 19.1 Å². The van der Waals surface area contributed by atoms with Crippen LogP contribution in [0.4, 0.5) is 5.69 Å². The van der Waals surface area contributed by atoms with Gasteiger partial charge < -0.3 is 5.32 Å². The number of fused-ring (bicyclic) bond motifs is 1. The first-order valence-electron chi connectivity index (χ1n) is 6.17. The SMILES string of the molecule is CSc1ccc(C=C2C(=O)Nc3c(Br)cc(Br)c(C)c32)s1. The molecule has 0 saturated carbocycles. The highest BCUT2D eigenvalue weighted by Crippen LogP contribution is 2.43. The van der Waals surface area contributed by atoms with Gasteiger partial charge in [0.2, 0.25) is 0 Å². The molecule has 108 valence electrons. The first-order valence-corrected chi connectivity index (χ1v) is 9.80. The number of anilines is 1. The van der Waals surface area contributed by atoms with Gasteiger partial charge in [-0.1, -0.05) is 15.9 Å². The summed E-state index contributed by atoms with van der Waals surface area (Å²) in [5, 5.41) is 2.95. The third-order valence-electron chi connectivity index (χ3n) is 3.32. The van der Waals surface area contributed by atoms with Crippen LogP contribution >= 0.6 is 55.0 Å². The summed E-state index contributed by atoms with van der Waals surface area (Å²) in [5.74, 6) is -0.0500. The fraction of sp³-hybridized carbons (Fsp3) is 0.133. The molecule has 1 aromatic carbocycles. The van der Waals surface area contributed by atoms with Crippen LogP contribution in [-0.4, -0.2) is 12.2 Å². The monoisotopic (exact) mass is 443 g/mol. The van der Waals surface area contributed by atoms with Crippen molar-refractivity contribution in [2.75, 3.05) is 11.6 Å². The summed E-state index contributed by atoms with van der Waals surface area (Å²) in [5.41, 5.74) is 3.62. The minimum Gasteiger partial charge on any atom is -0.320 e. The van der Waals surface area contributed by atoms with E-state index in [-0.39, 0.29) is 5.91 Å². The Kier molecular flexibility index (Phi) is 4.32. The molecule has 0 atom stereocenters. The van der Waals surface area contributed by atoms with E-state index in [1.54, 1.807) is 23.1 Å². The number of nitrogens with one attached hydrogen (secondary N) is 1. The van der Waals surface area contributed by atoms with E-state index in [2.05, 4.69) is 55.6 Å². The number of hydrogen-bond acceptors (Lipinski definition) is 3. The first-order chi connectivity index (χ1) is 10.0. The fourth-order valence-electron chi connectivity index (χ4n) is 2.27. The molecule has 0 aliphatic carbocycles. The minimum absolute atomic E-state index is 0.0500. The highest BCUT2D eigenvalue weighted by Gasteiger charge is 2.29. The van der Waals surface area contributed by atoms with Crippen LogP contribution < -0.4 is 5.32 Å². The van der Waals surface area contributed by atoms with Crippen molar-refractivity contribution in [3.05, 3.63) is 43.1 Å². The summed E-state index contributed by atoms with van der Waals surface area (Å²) in [7, 11) is 0. The van der Waals surface area contributed by atoms with Crippen molar-refractivity contribution >= 4 is 78.2 Å². The van der Waals surface area contributed by atoms with Gasteiger partial charge in [0, 0.05) is 19.4 Å². The Bertz CT molecular complexity index is 780. The zero-order valence-electron chi connectivity index (χ0n) is 11.3. The van der Waals surface area contributed by atoms with E-state index in [0.29, 0.717) is 0 Å². The average molecular weight is 445 g/mol. The van der Waals surface area contributed by atoms with Crippen LogP contribution in [0.2, 0.25) is 0 Å². The lowest BCUT2D eigenvalue weighted by Crippen LogP contribution is -2.03. The van der Waals surface area contributed by atoms with Gasteiger partial charge in [0.1, 0.15) is 0 Å². The van der Waals surface area contributed by atoms with Gasteiger partial charge in [-0.25, -0.2) is 0 Å². The number of hydrogen-bond donors (Lipinski definition) is 1. The summed E-state index contributed by atoms with van der Waals surface area (Å²) in [6.07, 6.45) is 4.02. The molecule has 2 heterocycles. The summed E-state index contributed by atoms with van der Waals surface area (Å²) in [4.78, 5) is 13.4. The number of thioether (sulfide) groups is 1. The van der Waals surface area contributed by atoms with Gasteiger partial charge in [-0.2, -0.15) is 0 Å². The maximum absolute atomic E-state index is 12.3. The number of thiophene rings is 1. The van der Waals surface area contributed by atoms with Crippen molar-refractivity contribution < 1.29 is 4.79 Å². The molecule has 3 rings (SSSR count). The van der Waals surface area contributed by atoms with Crippen molar-refractivity contribution in [2.24, 2.45) is 0 Å². The number of carbonyl (C=O) groups excluding carboxylic acids is 1. The van der Waals surface area contributed by atoms with E-state index >= 15 is 0 Å². The Morgan fingerprint density at radius 1 is 1.29 bits per heavy atom. The lowest BCUT2D eigenvalue weighted by Gasteiger charge is -2.08. The fourth-order valence-corrected chi connectivity index (χ4v) is 5.04. The lowest BCUT2D eigenvalue weighted by atomic mass is 10.0. The molecule has 1 amide bonds. The molecule has 0 radical (unpaired) electrons. The zero-order valence-corrected chi connectivity index (χ0v) is 16.1. The Hall–Kier alpha value is -0.560. The molecule has 1 aliphatic heterocycles. The standard InChI is InChI=1S/C15H11Br2NOS2/c1-7-10(16)6-11(17)14-13(7)9(15(19)18-14)5-8-3-4-12(20-2)21-8/h3-6H,1-2H3,(H,18,19). The van der Waals surface area contributed by atoms with E-state index in [9.17, 15) is 4.79 Å². The summed E-state index contributed by atoms with van der Waals surface area (Å²) >= 11 is 10.5. The van der Waals surface area contributed by atoms with E-state index in [4.69, 9.17) is 0 Å². The summed E-state index contributed by atoms with van der Waals surface area (Å²) in [6, 6.07) is 6.10. The van der Waals surface area contributed by atoms with Crippen LogP contribution in [0.15, 0.2) is 31.4 Å². The van der Waals surface area contributed by atoms with Crippen LogP contribution in [0.5, 0.6) is 0 Å². The number of rotatable bonds is 2. The van der Waals surface area contributed by atoms with E-state index in [0.717, 1.165) is 36.2 Å². The topological polar surface area (TPSA) is 29.1 Å². The van der Waals surface area contributed by atoms with Crippen LogP contribution in [0, 0.1) is 6.92 Å². The Morgan fingerprint density at radius 2 is 2.05 bits per heavy atom. The molecule has 1 aliphatic rings. The normalized spacial score (nSPS) is 15.4. The molecule has 0 bridgehead atoms. The highest BCUT2D eigenvalue weighted by molar-refractivity contribution is 9.11. The number of amides is 1. The van der Waals surface area contributed by atoms with Crippen molar-refractivity contribution in [3.8, 4) is 0 Å². The molecule has 0 unspecified atom stereocenters. The Balaban J connectivity index is 2.16. The van der Waals surface area contributed by atoms with Crippen molar-refractivity contribution in [1.82, 2.24) is 0 Å². The Morgan fingerprint density at radius 3 is 2.71 bits per heavy atom. The second-order valence-corrected chi connectivity index (χ2v) is 8.52. The van der Waals surface area contributed by atoms with Gasteiger partial charge in [-0.05, 0) is 58.9 Å². The maximum atomic E-state index is 12.3. The van der Waals surface area contributed by atoms with Crippen LogP contribution in [0.25, 0.3) is 11.6 Å². The molecule has 0 spiro atoms. The van der Waals surface area contributed by atoms with Crippen molar-refractivity contribution in [2.45, 2.75) is 11.1 Å². The molecule has 0 saturated heterocycles. The van der Waals surface area contributed by atoms with Gasteiger partial charge in [0.25, 0.3) is 5.91 Å². The molecular formula is C15H11Br2NOS2. The largest absolute Gasteiger partial charge is 0.320 e. The minimum atomic E-state index is -0.0500. The molecule has 0 fully saturated rings. The number of benzene rings is 1. The molecule has 2 nitrogen and oxygen atoms in total.